The predicted octanol–water partition coefficient (Wildman–Crippen LogP) is 3.50. The lowest BCUT2D eigenvalue weighted by Gasteiger charge is -2.37. The standard InChI is InChI=1S/C4Cl4F2/c5-1-2(6)4(8,10)3(1,7)9. The molecule has 0 fully saturated rings. The summed E-state index contributed by atoms with van der Waals surface area (Å²) in [6.45, 7) is 0. The van der Waals surface area contributed by atoms with Gasteiger partial charge >= 0.3 is 0 Å². The molecule has 0 N–H and O–H groups in total. The maximum atomic E-state index is 12.6. The minimum absolute atomic E-state index is 0.590. The summed E-state index contributed by atoms with van der Waals surface area (Å²) in [4.78, 5) is 0. The van der Waals surface area contributed by atoms with Crippen molar-refractivity contribution in [2.45, 2.75) is 10.3 Å². The maximum absolute atomic E-state index is 12.6. The number of alkyl halides is 4. The molecular formula is C4Cl4F2. The third-order valence-electron chi connectivity index (χ3n) is 1.14. The molecule has 0 amide bonds. The van der Waals surface area contributed by atoms with Gasteiger partial charge in [-0.25, -0.2) is 8.78 Å². The SMILES string of the molecule is FC1(Cl)C(Cl)=C(Cl)C1(F)Cl. The molecule has 0 radical (unpaired) electrons. The van der Waals surface area contributed by atoms with Crippen LogP contribution in [-0.4, -0.2) is 10.3 Å². The van der Waals surface area contributed by atoms with Crippen LogP contribution in [0.3, 0.4) is 0 Å². The third kappa shape index (κ3) is 0.795. The van der Waals surface area contributed by atoms with Gasteiger partial charge in [-0.1, -0.05) is 46.4 Å². The molecule has 58 valence electrons. The van der Waals surface area contributed by atoms with E-state index in [2.05, 4.69) is 0 Å². The molecule has 1 aliphatic rings. The molecule has 1 aliphatic carbocycles. The van der Waals surface area contributed by atoms with E-state index in [0.717, 1.165) is 0 Å². The fraction of sp³-hybridized carbons (Fsp3) is 0.500. The van der Waals surface area contributed by atoms with Gasteiger partial charge < -0.3 is 0 Å². The van der Waals surface area contributed by atoms with Crippen molar-refractivity contribution in [3.05, 3.63) is 10.1 Å². The summed E-state index contributed by atoms with van der Waals surface area (Å²) in [6.07, 6.45) is 0. The van der Waals surface area contributed by atoms with E-state index >= 15 is 0 Å². The molecular weight excluding hydrogens is 228 g/mol. The first-order chi connectivity index (χ1) is 4.32. The Morgan fingerprint density at radius 3 is 1.20 bits per heavy atom. The zero-order valence-electron chi connectivity index (χ0n) is 4.27. The predicted molar refractivity (Wildman–Crippen MR) is 38.1 cm³/mol. The highest BCUT2D eigenvalue weighted by Gasteiger charge is 2.66. The van der Waals surface area contributed by atoms with Crippen LogP contribution in [0.2, 0.25) is 0 Å². The van der Waals surface area contributed by atoms with Crippen molar-refractivity contribution in [2.24, 2.45) is 0 Å². The number of allylic oxidation sites excluding steroid dienone is 2. The summed E-state index contributed by atoms with van der Waals surface area (Å²) in [5.41, 5.74) is 0. The van der Waals surface area contributed by atoms with Crippen LogP contribution in [-0.2, 0) is 0 Å². The molecule has 0 aliphatic heterocycles. The van der Waals surface area contributed by atoms with Crippen LogP contribution in [0.5, 0.6) is 0 Å². The Balaban J connectivity index is 3.10. The third-order valence-corrected chi connectivity index (χ3v) is 3.32. The molecule has 0 aromatic heterocycles. The molecule has 0 saturated heterocycles. The van der Waals surface area contributed by atoms with Crippen molar-refractivity contribution >= 4 is 46.4 Å². The van der Waals surface area contributed by atoms with Gasteiger partial charge in [-0.3, -0.25) is 0 Å². The van der Waals surface area contributed by atoms with Gasteiger partial charge in [0.1, 0.15) is 0 Å². The maximum Gasteiger partial charge on any atom is 0.273 e. The highest BCUT2D eigenvalue weighted by atomic mass is 35.5. The minimum atomic E-state index is -2.87. The van der Waals surface area contributed by atoms with Crippen molar-refractivity contribution in [1.82, 2.24) is 0 Å². The van der Waals surface area contributed by atoms with E-state index in [1.165, 1.54) is 0 Å². The first kappa shape index (κ1) is 8.85. The van der Waals surface area contributed by atoms with E-state index in [4.69, 9.17) is 46.4 Å². The van der Waals surface area contributed by atoms with Gasteiger partial charge in [0.2, 0.25) is 0 Å². The lowest BCUT2D eigenvalue weighted by atomic mass is 10.0. The van der Waals surface area contributed by atoms with Crippen LogP contribution in [0.1, 0.15) is 0 Å². The van der Waals surface area contributed by atoms with E-state index in [0.29, 0.717) is 0 Å². The molecule has 0 saturated carbocycles. The molecule has 0 aromatic carbocycles. The Morgan fingerprint density at radius 2 is 1.10 bits per heavy atom. The average Bonchev–Trinajstić information content (AvgIpc) is 1.84. The van der Waals surface area contributed by atoms with E-state index in [1.807, 2.05) is 0 Å². The second kappa shape index (κ2) is 2.13. The van der Waals surface area contributed by atoms with Crippen molar-refractivity contribution in [2.75, 3.05) is 0 Å². The molecule has 0 bridgehead atoms. The van der Waals surface area contributed by atoms with Crippen LogP contribution in [0.4, 0.5) is 8.78 Å². The van der Waals surface area contributed by atoms with Crippen molar-refractivity contribution in [3.63, 3.8) is 0 Å². The van der Waals surface area contributed by atoms with Gasteiger partial charge in [0.05, 0.1) is 10.1 Å². The van der Waals surface area contributed by atoms with Gasteiger partial charge in [-0.05, 0) is 0 Å². The summed E-state index contributed by atoms with van der Waals surface area (Å²) in [5.74, 6) is 0. The van der Waals surface area contributed by atoms with Gasteiger partial charge in [-0.2, -0.15) is 0 Å². The number of hydrogen-bond acceptors (Lipinski definition) is 0. The van der Waals surface area contributed by atoms with Crippen LogP contribution < -0.4 is 0 Å². The fourth-order valence-corrected chi connectivity index (χ4v) is 1.58. The molecule has 0 spiro atoms. The van der Waals surface area contributed by atoms with Crippen molar-refractivity contribution < 1.29 is 8.78 Å². The van der Waals surface area contributed by atoms with E-state index in [-0.39, 0.29) is 0 Å². The Kier molecular flexibility index (Phi) is 1.88. The smallest absolute Gasteiger partial charge is 0.214 e. The van der Waals surface area contributed by atoms with Crippen molar-refractivity contribution in [3.8, 4) is 0 Å². The van der Waals surface area contributed by atoms with E-state index in [1.54, 1.807) is 0 Å². The number of halogens is 6. The van der Waals surface area contributed by atoms with E-state index < -0.39 is 20.3 Å². The Bertz CT molecular complexity index is 185. The molecule has 2 atom stereocenters. The van der Waals surface area contributed by atoms with Crippen LogP contribution >= 0.6 is 46.4 Å². The van der Waals surface area contributed by atoms with Gasteiger partial charge in [0.25, 0.3) is 10.3 Å². The summed E-state index contributed by atoms with van der Waals surface area (Å²) >= 11 is 20.0. The summed E-state index contributed by atoms with van der Waals surface area (Å²) < 4.78 is 25.2. The molecule has 0 nitrogen and oxygen atoms in total. The fourth-order valence-electron chi connectivity index (χ4n) is 0.489. The zero-order valence-corrected chi connectivity index (χ0v) is 7.29. The normalized spacial score (nSPS) is 47.4. The second-order valence-electron chi connectivity index (χ2n) is 1.78. The molecule has 1 rings (SSSR count). The second-order valence-corrected chi connectivity index (χ2v) is 3.57. The van der Waals surface area contributed by atoms with Crippen LogP contribution in [0, 0.1) is 0 Å². The monoisotopic (exact) mass is 226 g/mol. The largest absolute Gasteiger partial charge is 0.273 e. The van der Waals surface area contributed by atoms with Gasteiger partial charge in [0.15, 0.2) is 0 Å². The molecule has 10 heavy (non-hydrogen) atoms. The molecule has 0 heterocycles. The van der Waals surface area contributed by atoms with Gasteiger partial charge in [-0.15, -0.1) is 0 Å². The number of rotatable bonds is 0. The molecule has 6 heteroatoms. The molecule has 0 aromatic rings. The van der Waals surface area contributed by atoms with Gasteiger partial charge in [0, 0.05) is 0 Å². The Labute approximate surface area is 75.7 Å². The lowest BCUT2D eigenvalue weighted by Crippen LogP contribution is -2.48. The highest BCUT2D eigenvalue weighted by Crippen LogP contribution is 2.61. The lowest BCUT2D eigenvalue weighted by molar-refractivity contribution is 0.133. The van der Waals surface area contributed by atoms with Crippen LogP contribution in [0.15, 0.2) is 10.1 Å². The van der Waals surface area contributed by atoms with Crippen LogP contribution in [0.25, 0.3) is 0 Å². The quantitative estimate of drug-likeness (QED) is 0.556. The first-order valence-corrected chi connectivity index (χ1v) is 3.65. The Morgan fingerprint density at radius 1 is 0.900 bits per heavy atom. The van der Waals surface area contributed by atoms with Crippen molar-refractivity contribution in [1.29, 1.82) is 0 Å². The average molecular weight is 228 g/mol. The minimum Gasteiger partial charge on any atom is -0.214 e. The zero-order chi connectivity index (χ0) is 8.15. The summed E-state index contributed by atoms with van der Waals surface area (Å²) in [6, 6.07) is 0. The topological polar surface area (TPSA) is 0 Å². The first-order valence-electron chi connectivity index (χ1n) is 2.13. The van der Waals surface area contributed by atoms with E-state index in [9.17, 15) is 8.78 Å². The number of hydrogen-bond donors (Lipinski definition) is 0. The molecule has 2 unspecified atom stereocenters. The highest BCUT2D eigenvalue weighted by molar-refractivity contribution is 6.54. The summed E-state index contributed by atoms with van der Waals surface area (Å²) in [7, 11) is 0. The Hall–Kier alpha value is 0.760. The summed E-state index contributed by atoms with van der Waals surface area (Å²) in [5, 5.41) is -6.91.